The summed E-state index contributed by atoms with van der Waals surface area (Å²) in [4.78, 5) is 24.4. The van der Waals surface area contributed by atoms with Crippen molar-refractivity contribution >= 4 is 29.4 Å². The van der Waals surface area contributed by atoms with Gasteiger partial charge in [0, 0.05) is 0 Å². The Hall–Kier alpha value is -3.45. The molecule has 0 aliphatic heterocycles. The standard InChI is InChI=1S/C22H20N2O4S/c1-15-5-3-6-16(2)21(15)27-14-20(25)24-23-13-17-8-10-18(11-9-17)28-22(26)19-7-4-12-29-19/h3-13H,14H2,1-2H3,(H,24,25). The molecule has 0 atom stereocenters. The molecular weight excluding hydrogens is 388 g/mol. The second-order valence-electron chi connectivity index (χ2n) is 6.24. The van der Waals surface area contributed by atoms with Gasteiger partial charge in [-0.1, -0.05) is 24.3 Å². The van der Waals surface area contributed by atoms with Crippen LogP contribution in [-0.2, 0) is 4.79 Å². The molecule has 1 heterocycles. The fraction of sp³-hybridized carbons (Fsp3) is 0.136. The number of thiophene rings is 1. The average Bonchev–Trinajstić information content (AvgIpc) is 3.24. The highest BCUT2D eigenvalue weighted by Gasteiger charge is 2.09. The van der Waals surface area contributed by atoms with E-state index in [1.54, 1.807) is 36.4 Å². The zero-order chi connectivity index (χ0) is 20.6. The van der Waals surface area contributed by atoms with Crippen LogP contribution in [0, 0.1) is 13.8 Å². The van der Waals surface area contributed by atoms with Crippen molar-refractivity contribution in [3.8, 4) is 11.5 Å². The predicted octanol–water partition coefficient (Wildman–Crippen LogP) is 4.11. The smallest absolute Gasteiger partial charge is 0.353 e. The molecule has 3 rings (SSSR count). The second-order valence-corrected chi connectivity index (χ2v) is 7.19. The summed E-state index contributed by atoms with van der Waals surface area (Å²) in [7, 11) is 0. The van der Waals surface area contributed by atoms with E-state index in [2.05, 4.69) is 10.5 Å². The van der Waals surface area contributed by atoms with Gasteiger partial charge in [-0.05, 0) is 66.2 Å². The summed E-state index contributed by atoms with van der Waals surface area (Å²) in [6.07, 6.45) is 1.50. The number of hydrogen-bond acceptors (Lipinski definition) is 6. The molecule has 0 spiro atoms. The summed E-state index contributed by atoms with van der Waals surface area (Å²) in [6, 6.07) is 16.1. The van der Waals surface area contributed by atoms with E-state index in [0.717, 1.165) is 16.7 Å². The molecule has 0 aliphatic carbocycles. The van der Waals surface area contributed by atoms with Crippen molar-refractivity contribution in [1.82, 2.24) is 5.43 Å². The number of carbonyl (C=O) groups is 2. The summed E-state index contributed by atoms with van der Waals surface area (Å²) in [5.74, 6) is 0.397. The minimum atomic E-state index is -0.391. The SMILES string of the molecule is Cc1cccc(C)c1OCC(=O)NN=Cc1ccc(OC(=O)c2cccs2)cc1. The van der Waals surface area contributed by atoms with E-state index < -0.39 is 5.97 Å². The van der Waals surface area contributed by atoms with Gasteiger partial charge in [0.1, 0.15) is 16.4 Å². The number of aryl methyl sites for hydroxylation is 2. The number of benzene rings is 2. The summed E-state index contributed by atoms with van der Waals surface area (Å²) in [5.41, 5.74) is 5.12. The van der Waals surface area contributed by atoms with E-state index in [1.165, 1.54) is 17.6 Å². The highest BCUT2D eigenvalue weighted by atomic mass is 32.1. The molecule has 0 aliphatic rings. The van der Waals surface area contributed by atoms with Crippen LogP contribution in [0.25, 0.3) is 0 Å². The third-order valence-electron chi connectivity index (χ3n) is 3.97. The highest BCUT2D eigenvalue weighted by Crippen LogP contribution is 2.22. The summed E-state index contributed by atoms with van der Waals surface area (Å²) in [6.45, 7) is 3.74. The Morgan fingerprint density at radius 3 is 2.41 bits per heavy atom. The minimum absolute atomic E-state index is 0.124. The van der Waals surface area contributed by atoms with E-state index in [9.17, 15) is 9.59 Å². The van der Waals surface area contributed by atoms with Gasteiger partial charge in [0.05, 0.1) is 6.21 Å². The van der Waals surface area contributed by atoms with E-state index >= 15 is 0 Å². The first-order valence-corrected chi connectivity index (χ1v) is 9.77. The van der Waals surface area contributed by atoms with Crippen LogP contribution < -0.4 is 14.9 Å². The summed E-state index contributed by atoms with van der Waals surface area (Å²) < 4.78 is 10.9. The van der Waals surface area contributed by atoms with Gasteiger partial charge >= 0.3 is 5.97 Å². The van der Waals surface area contributed by atoms with Gasteiger partial charge in [0.25, 0.3) is 5.91 Å². The number of nitrogens with zero attached hydrogens (tertiary/aromatic N) is 1. The normalized spacial score (nSPS) is 10.7. The zero-order valence-corrected chi connectivity index (χ0v) is 16.9. The lowest BCUT2D eigenvalue weighted by Crippen LogP contribution is -2.25. The minimum Gasteiger partial charge on any atom is -0.483 e. The molecule has 7 heteroatoms. The quantitative estimate of drug-likeness (QED) is 0.276. The molecule has 29 heavy (non-hydrogen) atoms. The van der Waals surface area contributed by atoms with Gasteiger partial charge in [-0.15, -0.1) is 11.3 Å². The maximum Gasteiger partial charge on any atom is 0.353 e. The lowest BCUT2D eigenvalue weighted by molar-refractivity contribution is -0.123. The van der Waals surface area contributed by atoms with Crippen molar-refractivity contribution in [1.29, 1.82) is 0 Å². The summed E-state index contributed by atoms with van der Waals surface area (Å²) >= 11 is 1.32. The van der Waals surface area contributed by atoms with Gasteiger partial charge in [-0.3, -0.25) is 4.79 Å². The third-order valence-corrected chi connectivity index (χ3v) is 4.82. The maximum atomic E-state index is 11.9. The first-order chi connectivity index (χ1) is 14.0. The molecule has 6 nitrogen and oxygen atoms in total. The Balaban J connectivity index is 1.47. The van der Waals surface area contributed by atoms with Crippen LogP contribution in [0.4, 0.5) is 0 Å². The molecule has 2 aromatic carbocycles. The van der Waals surface area contributed by atoms with E-state index in [1.807, 2.05) is 37.4 Å². The second kappa shape index (κ2) is 9.66. The number of ether oxygens (including phenoxy) is 2. The highest BCUT2D eigenvalue weighted by molar-refractivity contribution is 7.12. The molecule has 3 aromatic rings. The Kier molecular flexibility index (Phi) is 6.76. The first-order valence-electron chi connectivity index (χ1n) is 8.89. The molecule has 0 saturated heterocycles. The number of rotatable bonds is 7. The number of amides is 1. The molecule has 0 fully saturated rings. The van der Waals surface area contributed by atoms with Crippen molar-refractivity contribution in [2.75, 3.05) is 6.61 Å². The van der Waals surface area contributed by atoms with Gasteiger partial charge in [0.2, 0.25) is 0 Å². The van der Waals surface area contributed by atoms with Crippen LogP contribution in [0.3, 0.4) is 0 Å². The van der Waals surface area contributed by atoms with E-state index in [0.29, 0.717) is 16.4 Å². The van der Waals surface area contributed by atoms with Crippen molar-refractivity contribution < 1.29 is 19.1 Å². The average molecular weight is 408 g/mol. The molecule has 148 valence electrons. The van der Waals surface area contributed by atoms with Crippen LogP contribution in [0.15, 0.2) is 65.1 Å². The number of para-hydroxylation sites is 1. The number of carbonyl (C=O) groups excluding carboxylic acids is 2. The first kappa shape index (κ1) is 20.3. The van der Waals surface area contributed by atoms with Gasteiger partial charge in [0.15, 0.2) is 6.61 Å². The molecule has 0 saturated carbocycles. The topological polar surface area (TPSA) is 77.0 Å². The fourth-order valence-electron chi connectivity index (χ4n) is 2.55. The largest absolute Gasteiger partial charge is 0.483 e. The number of nitrogens with one attached hydrogen (secondary N) is 1. The molecule has 1 N–H and O–H groups in total. The Morgan fingerprint density at radius 2 is 1.76 bits per heavy atom. The van der Waals surface area contributed by atoms with Crippen molar-refractivity contribution in [2.24, 2.45) is 5.10 Å². The molecule has 0 unspecified atom stereocenters. The predicted molar refractivity (Wildman–Crippen MR) is 113 cm³/mol. The Morgan fingerprint density at radius 1 is 1.03 bits per heavy atom. The number of hydrogen-bond donors (Lipinski definition) is 1. The molecular formula is C22H20N2O4S. The molecule has 0 radical (unpaired) electrons. The monoisotopic (exact) mass is 408 g/mol. The molecule has 0 bridgehead atoms. The van der Waals surface area contributed by atoms with Crippen molar-refractivity contribution in [3.63, 3.8) is 0 Å². The van der Waals surface area contributed by atoms with E-state index in [4.69, 9.17) is 9.47 Å². The Bertz CT molecular complexity index is 992. The lowest BCUT2D eigenvalue weighted by atomic mass is 10.1. The van der Waals surface area contributed by atoms with Gasteiger partial charge < -0.3 is 9.47 Å². The zero-order valence-electron chi connectivity index (χ0n) is 16.0. The van der Waals surface area contributed by atoms with Crippen LogP contribution >= 0.6 is 11.3 Å². The van der Waals surface area contributed by atoms with Gasteiger partial charge in [-0.25, -0.2) is 10.2 Å². The third kappa shape index (κ3) is 5.76. The molecule has 1 aromatic heterocycles. The maximum absolute atomic E-state index is 11.9. The van der Waals surface area contributed by atoms with Crippen LogP contribution in [0.2, 0.25) is 0 Å². The summed E-state index contributed by atoms with van der Waals surface area (Å²) in [5, 5.41) is 5.74. The number of esters is 1. The van der Waals surface area contributed by atoms with Crippen molar-refractivity contribution in [3.05, 3.63) is 81.5 Å². The van der Waals surface area contributed by atoms with E-state index in [-0.39, 0.29) is 12.5 Å². The van der Waals surface area contributed by atoms with Crippen LogP contribution in [-0.4, -0.2) is 24.7 Å². The van der Waals surface area contributed by atoms with Crippen molar-refractivity contribution in [2.45, 2.75) is 13.8 Å². The molecule has 1 amide bonds. The lowest BCUT2D eigenvalue weighted by Gasteiger charge is -2.10. The number of hydrazone groups is 1. The van der Waals surface area contributed by atoms with Crippen LogP contribution in [0.1, 0.15) is 26.4 Å². The van der Waals surface area contributed by atoms with Gasteiger partial charge in [-0.2, -0.15) is 5.10 Å². The Labute approximate surface area is 172 Å². The van der Waals surface area contributed by atoms with Crippen LogP contribution in [0.5, 0.6) is 11.5 Å². The fourth-order valence-corrected chi connectivity index (χ4v) is 3.15.